The van der Waals surface area contributed by atoms with Crippen LogP contribution in [0.25, 0.3) is 0 Å². The van der Waals surface area contributed by atoms with E-state index in [-0.39, 0.29) is 11.2 Å². The highest BCUT2D eigenvalue weighted by Crippen LogP contribution is 2.12. The van der Waals surface area contributed by atoms with Crippen molar-refractivity contribution in [2.24, 2.45) is 0 Å². The second kappa shape index (κ2) is 3.80. The molecule has 1 heterocycles. The molecule has 2 nitrogen and oxygen atoms in total. The van der Waals surface area contributed by atoms with Crippen molar-refractivity contribution in [3.63, 3.8) is 0 Å². The lowest BCUT2D eigenvalue weighted by molar-refractivity contribution is 0.559. The van der Waals surface area contributed by atoms with Gasteiger partial charge in [0.05, 0.1) is 5.69 Å². The van der Waals surface area contributed by atoms with Gasteiger partial charge in [0.2, 0.25) is 0 Å². The van der Waals surface area contributed by atoms with Gasteiger partial charge < -0.3 is 4.42 Å². The molecule has 0 fully saturated rings. The second-order valence-corrected chi connectivity index (χ2v) is 3.22. The van der Waals surface area contributed by atoms with E-state index in [1.165, 1.54) is 18.4 Å². The van der Waals surface area contributed by atoms with Crippen LogP contribution in [0.15, 0.2) is 34.9 Å². The molecule has 0 radical (unpaired) electrons. The minimum atomic E-state index is -0.244. The Morgan fingerprint density at radius 3 is 2.57 bits per heavy atom. The van der Waals surface area contributed by atoms with Crippen molar-refractivity contribution in [3.8, 4) is 0 Å². The summed E-state index contributed by atoms with van der Waals surface area (Å²) < 4.78 is 17.4. The lowest BCUT2D eigenvalue weighted by atomic mass is 10.1. The third kappa shape index (κ3) is 2.12. The zero-order valence-corrected chi connectivity index (χ0v) is 7.96. The van der Waals surface area contributed by atoms with Crippen LogP contribution < -0.4 is 0 Å². The van der Waals surface area contributed by atoms with Crippen molar-refractivity contribution >= 4 is 11.6 Å². The van der Waals surface area contributed by atoms with Gasteiger partial charge in [0, 0.05) is 6.42 Å². The van der Waals surface area contributed by atoms with Gasteiger partial charge in [-0.2, -0.15) is 0 Å². The van der Waals surface area contributed by atoms with Crippen LogP contribution in [0.3, 0.4) is 0 Å². The monoisotopic (exact) mass is 211 g/mol. The molecule has 4 heteroatoms. The molecule has 0 saturated heterocycles. The van der Waals surface area contributed by atoms with Crippen LogP contribution in [0.2, 0.25) is 5.35 Å². The molecule has 0 aliphatic carbocycles. The van der Waals surface area contributed by atoms with Crippen LogP contribution in [0.1, 0.15) is 11.3 Å². The Bertz CT molecular complexity index is 424. The van der Waals surface area contributed by atoms with E-state index in [2.05, 4.69) is 4.98 Å². The van der Waals surface area contributed by atoms with Gasteiger partial charge in [0.15, 0.2) is 0 Å². The molecule has 2 aromatic rings. The summed E-state index contributed by atoms with van der Waals surface area (Å²) in [7, 11) is 0. The Balaban J connectivity index is 2.15. The second-order valence-electron chi connectivity index (χ2n) is 2.90. The van der Waals surface area contributed by atoms with Crippen molar-refractivity contribution in [1.82, 2.24) is 4.98 Å². The first-order chi connectivity index (χ1) is 6.74. The van der Waals surface area contributed by atoms with Crippen LogP contribution in [-0.4, -0.2) is 4.98 Å². The van der Waals surface area contributed by atoms with Crippen LogP contribution >= 0.6 is 11.6 Å². The molecule has 1 aromatic carbocycles. The summed E-state index contributed by atoms with van der Waals surface area (Å²) in [5.74, 6) is -0.244. The maximum atomic E-state index is 12.6. The molecule has 14 heavy (non-hydrogen) atoms. The van der Waals surface area contributed by atoms with E-state index in [0.717, 1.165) is 11.3 Å². The number of nitrogens with zero attached hydrogens (tertiary/aromatic N) is 1. The number of benzene rings is 1. The molecular weight excluding hydrogens is 205 g/mol. The van der Waals surface area contributed by atoms with Gasteiger partial charge in [0.25, 0.3) is 5.35 Å². The number of rotatable bonds is 2. The lowest BCUT2D eigenvalue weighted by Gasteiger charge is -1.96. The van der Waals surface area contributed by atoms with Gasteiger partial charge in [-0.1, -0.05) is 12.1 Å². The van der Waals surface area contributed by atoms with Gasteiger partial charge in [0.1, 0.15) is 12.1 Å². The van der Waals surface area contributed by atoms with Gasteiger partial charge in [-0.05, 0) is 29.3 Å². The highest BCUT2D eigenvalue weighted by Gasteiger charge is 2.02. The Hall–Kier alpha value is -1.35. The predicted octanol–water partition coefficient (Wildman–Crippen LogP) is 3.06. The molecule has 2 rings (SSSR count). The zero-order chi connectivity index (χ0) is 9.97. The van der Waals surface area contributed by atoms with Crippen LogP contribution in [0.4, 0.5) is 4.39 Å². The average Bonchev–Trinajstić information content (AvgIpc) is 2.56. The van der Waals surface area contributed by atoms with Gasteiger partial charge >= 0.3 is 0 Å². The molecule has 0 aliphatic heterocycles. The average molecular weight is 212 g/mol. The molecule has 0 saturated carbocycles. The van der Waals surface area contributed by atoms with E-state index in [0.29, 0.717) is 6.42 Å². The predicted molar refractivity (Wildman–Crippen MR) is 50.7 cm³/mol. The molecule has 0 N–H and O–H groups in total. The fourth-order valence-corrected chi connectivity index (χ4v) is 1.33. The lowest BCUT2D eigenvalue weighted by Crippen LogP contribution is -1.88. The van der Waals surface area contributed by atoms with Crippen molar-refractivity contribution in [2.75, 3.05) is 0 Å². The van der Waals surface area contributed by atoms with Crippen LogP contribution in [-0.2, 0) is 6.42 Å². The summed E-state index contributed by atoms with van der Waals surface area (Å²) in [6.07, 6.45) is 2.09. The van der Waals surface area contributed by atoms with Crippen molar-refractivity contribution in [1.29, 1.82) is 0 Å². The minimum absolute atomic E-state index is 0.127. The van der Waals surface area contributed by atoms with E-state index in [1.54, 1.807) is 12.1 Å². The van der Waals surface area contributed by atoms with E-state index in [9.17, 15) is 4.39 Å². The molecule has 0 aliphatic rings. The zero-order valence-electron chi connectivity index (χ0n) is 7.21. The summed E-state index contributed by atoms with van der Waals surface area (Å²) >= 11 is 5.51. The molecule has 0 spiro atoms. The van der Waals surface area contributed by atoms with Crippen molar-refractivity contribution in [2.45, 2.75) is 6.42 Å². The van der Waals surface area contributed by atoms with Crippen molar-refractivity contribution < 1.29 is 8.81 Å². The standard InChI is InChI=1S/C10H7ClFNO/c11-10-13-9(6-14-10)5-7-1-3-8(12)4-2-7/h1-4,6H,5H2. The van der Waals surface area contributed by atoms with Gasteiger partial charge in [-0.25, -0.2) is 9.37 Å². The molecule has 1 aromatic heterocycles. The summed E-state index contributed by atoms with van der Waals surface area (Å²) in [5.41, 5.74) is 1.71. The Labute approximate surface area is 85.3 Å². The Kier molecular flexibility index (Phi) is 2.50. The van der Waals surface area contributed by atoms with Gasteiger partial charge in [-0.3, -0.25) is 0 Å². The number of aromatic nitrogens is 1. The topological polar surface area (TPSA) is 26.0 Å². The normalized spacial score (nSPS) is 10.4. The minimum Gasteiger partial charge on any atom is -0.436 e. The molecule has 0 atom stereocenters. The van der Waals surface area contributed by atoms with E-state index >= 15 is 0 Å². The van der Waals surface area contributed by atoms with Crippen LogP contribution in [0.5, 0.6) is 0 Å². The molecule has 0 unspecified atom stereocenters. The maximum Gasteiger partial charge on any atom is 0.292 e. The number of oxazole rings is 1. The van der Waals surface area contributed by atoms with E-state index in [4.69, 9.17) is 16.0 Å². The largest absolute Gasteiger partial charge is 0.436 e. The van der Waals surface area contributed by atoms with E-state index < -0.39 is 0 Å². The Morgan fingerprint density at radius 2 is 2.00 bits per heavy atom. The third-order valence-corrected chi connectivity index (χ3v) is 2.00. The SMILES string of the molecule is Fc1ccc(Cc2coc(Cl)n2)cc1. The van der Waals surface area contributed by atoms with Gasteiger partial charge in [-0.15, -0.1) is 0 Å². The number of hydrogen-bond acceptors (Lipinski definition) is 2. The first-order valence-electron chi connectivity index (χ1n) is 4.08. The molecule has 72 valence electrons. The molecular formula is C10H7ClFNO. The quantitative estimate of drug-likeness (QED) is 0.763. The summed E-state index contributed by atoms with van der Waals surface area (Å²) in [4.78, 5) is 3.93. The fourth-order valence-electron chi connectivity index (χ4n) is 1.17. The smallest absolute Gasteiger partial charge is 0.292 e. The first kappa shape index (κ1) is 9.21. The summed E-state index contributed by atoms with van der Waals surface area (Å²) in [6.45, 7) is 0. The third-order valence-electron chi connectivity index (χ3n) is 1.82. The molecule has 0 amide bonds. The van der Waals surface area contributed by atoms with E-state index in [1.807, 2.05) is 0 Å². The number of halogens is 2. The highest BCUT2D eigenvalue weighted by atomic mass is 35.5. The summed E-state index contributed by atoms with van der Waals surface area (Å²) in [5, 5.41) is 0.127. The Morgan fingerprint density at radius 1 is 1.29 bits per heavy atom. The first-order valence-corrected chi connectivity index (χ1v) is 4.46. The van der Waals surface area contributed by atoms with Crippen molar-refractivity contribution in [3.05, 3.63) is 53.0 Å². The fraction of sp³-hybridized carbons (Fsp3) is 0.100. The maximum absolute atomic E-state index is 12.6. The number of hydrogen-bond donors (Lipinski definition) is 0. The highest BCUT2D eigenvalue weighted by molar-refractivity contribution is 6.27. The molecule has 0 bridgehead atoms. The van der Waals surface area contributed by atoms with Crippen LogP contribution in [0, 0.1) is 5.82 Å². The summed E-state index contributed by atoms with van der Waals surface area (Å²) in [6, 6.07) is 6.24.